The van der Waals surface area contributed by atoms with Gasteiger partial charge in [-0.15, -0.1) is 0 Å². The van der Waals surface area contributed by atoms with Crippen LogP contribution in [0.5, 0.6) is 0 Å². The van der Waals surface area contributed by atoms with Crippen molar-refractivity contribution in [3.05, 3.63) is 11.7 Å². The zero-order valence-corrected chi connectivity index (χ0v) is 8.88. The second-order valence-electron chi connectivity index (χ2n) is 3.36. The molecule has 0 amide bonds. The van der Waals surface area contributed by atoms with Crippen LogP contribution in [0.1, 0.15) is 36.9 Å². The Balaban J connectivity index is 2.09. The fourth-order valence-corrected chi connectivity index (χ4v) is 2.02. The van der Waals surface area contributed by atoms with Crippen molar-refractivity contribution in [2.24, 2.45) is 0 Å². The summed E-state index contributed by atoms with van der Waals surface area (Å²) in [6.07, 6.45) is 3.24. The Morgan fingerprint density at radius 3 is 2.71 bits per heavy atom. The van der Waals surface area contributed by atoms with E-state index in [0.717, 1.165) is 19.3 Å². The number of halogens is 1. The molecule has 1 aliphatic rings. The molecule has 7 heteroatoms. The minimum absolute atomic E-state index is 0.141. The van der Waals surface area contributed by atoms with Gasteiger partial charge in [-0.05, 0) is 12.8 Å². The Morgan fingerprint density at radius 2 is 2.21 bits per heavy atom. The molecule has 5 nitrogen and oxygen atoms in total. The number of hydrogen-bond acceptors (Lipinski definition) is 5. The van der Waals surface area contributed by atoms with Crippen LogP contribution >= 0.6 is 10.7 Å². The van der Waals surface area contributed by atoms with Crippen LogP contribution in [0.15, 0.2) is 4.52 Å². The molecule has 1 aromatic rings. The summed E-state index contributed by atoms with van der Waals surface area (Å²) < 4.78 is 26.3. The summed E-state index contributed by atoms with van der Waals surface area (Å²) in [5.74, 6) is 0.618. The van der Waals surface area contributed by atoms with Crippen LogP contribution in [-0.4, -0.2) is 18.6 Å². The van der Waals surface area contributed by atoms with Crippen molar-refractivity contribution in [1.82, 2.24) is 10.1 Å². The van der Waals surface area contributed by atoms with Gasteiger partial charge in [-0.3, -0.25) is 0 Å². The maximum Gasteiger partial charge on any atom is 0.240 e. The molecule has 2 rings (SSSR count). The van der Waals surface area contributed by atoms with E-state index >= 15 is 0 Å². The van der Waals surface area contributed by atoms with Crippen LogP contribution in [0.4, 0.5) is 0 Å². The summed E-state index contributed by atoms with van der Waals surface area (Å²) in [7, 11) is 1.46. The van der Waals surface area contributed by atoms with Crippen LogP contribution in [-0.2, 0) is 14.8 Å². The van der Waals surface area contributed by atoms with Crippen molar-refractivity contribution in [1.29, 1.82) is 0 Å². The van der Waals surface area contributed by atoms with E-state index in [9.17, 15) is 8.42 Å². The van der Waals surface area contributed by atoms with E-state index in [1.54, 1.807) is 0 Å². The van der Waals surface area contributed by atoms with Crippen LogP contribution in [0.2, 0.25) is 0 Å². The van der Waals surface area contributed by atoms with E-state index in [-0.39, 0.29) is 11.6 Å². The molecule has 78 valence electrons. The van der Waals surface area contributed by atoms with Gasteiger partial charge in [0.05, 0.1) is 0 Å². The highest BCUT2D eigenvalue weighted by Gasteiger charge is 2.26. The molecule has 0 bridgehead atoms. The smallest absolute Gasteiger partial charge is 0.240 e. The van der Waals surface area contributed by atoms with Crippen LogP contribution in [0.25, 0.3) is 0 Å². The predicted octanol–water partition coefficient (Wildman–Crippen LogP) is 1.41. The predicted molar refractivity (Wildman–Crippen MR) is 49.4 cm³/mol. The highest BCUT2D eigenvalue weighted by atomic mass is 35.7. The SMILES string of the molecule is O=S(=O)(Cl)Cc1noc(C2CCC2)n1. The fraction of sp³-hybridized carbons (Fsp3) is 0.714. The average Bonchev–Trinajstić information content (AvgIpc) is 2.28. The molecule has 0 saturated heterocycles. The third-order valence-corrected chi connectivity index (χ3v) is 3.17. The summed E-state index contributed by atoms with van der Waals surface area (Å²) >= 11 is 0. The average molecular weight is 237 g/mol. The first-order valence-corrected chi connectivity index (χ1v) is 6.77. The highest BCUT2D eigenvalue weighted by molar-refractivity contribution is 8.13. The molecule has 14 heavy (non-hydrogen) atoms. The van der Waals surface area contributed by atoms with Crippen LogP contribution in [0, 0.1) is 0 Å². The molecular formula is C7H9ClN2O3S. The maximum absolute atomic E-state index is 10.7. The first-order valence-electron chi connectivity index (χ1n) is 4.29. The van der Waals surface area contributed by atoms with Crippen LogP contribution < -0.4 is 0 Å². The fourth-order valence-electron chi connectivity index (χ4n) is 1.30. The second-order valence-corrected chi connectivity index (χ2v) is 6.14. The second kappa shape index (κ2) is 3.51. The molecule has 0 spiro atoms. The number of rotatable bonds is 3. The van der Waals surface area contributed by atoms with Gasteiger partial charge in [0.1, 0.15) is 5.75 Å². The van der Waals surface area contributed by atoms with Gasteiger partial charge >= 0.3 is 0 Å². The third kappa shape index (κ3) is 2.24. The van der Waals surface area contributed by atoms with Crippen molar-refractivity contribution in [2.75, 3.05) is 0 Å². The van der Waals surface area contributed by atoms with Crippen molar-refractivity contribution in [3.8, 4) is 0 Å². The van der Waals surface area contributed by atoms with Crippen molar-refractivity contribution in [2.45, 2.75) is 30.9 Å². The number of aromatic nitrogens is 2. The summed E-state index contributed by atoms with van der Waals surface area (Å²) in [6, 6.07) is 0. The van der Waals surface area contributed by atoms with Gasteiger partial charge in [0.15, 0.2) is 5.82 Å². The van der Waals surface area contributed by atoms with Gasteiger partial charge in [0.25, 0.3) is 0 Å². The highest BCUT2D eigenvalue weighted by Crippen LogP contribution is 2.35. The zero-order chi connectivity index (χ0) is 10.2. The lowest BCUT2D eigenvalue weighted by atomic mass is 9.85. The Labute approximate surface area is 85.9 Å². The topological polar surface area (TPSA) is 73.1 Å². The first kappa shape index (κ1) is 9.92. The van der Waals surface area contributed by atoms with Crippen LogP contribution in [0.3, 0.4) is 0 Å². The first-order chi connectivity index (χ1) is 6.54. The van der Waals surface area contributed by atoms with E-state index in [4.69, 9.17) is 15.2 Å². The largest absolute Gasteiger partial charge is 0.339 e. The molecule has 0 radical (unpaired) electrons. The molecule has 0 atom stereocenters. The van der Waals surface area contributed by atoms with Crippen molar-refractivity contribution < 1.29 is 12.9 Å². The van der Waals surface area contributed by atoms with E-state index in [0.29, 0.717) is 11.8 Å². The molecule has 0 aromatic carbocycles. The minimum Gasteiger partial charge on any atom is -0.339 e. The summed E-state index contributed by atoms with van der Waals surface area (Å²) in [5.41, 5.74) is 0. The van der Waals surface area contributed by atoms with Gasteiger partial charge in [-0.1, -0.05) is 11.6 Å². The third-order valence-electron chi connectivity index (χ3n) is 2.24. The lowest BCUT2D eigenvalue weighted by molar-refractivity contribution is 0.291. The molecule has 1 aliphatic carbocycles. The molecule has 0 unspecified atom stereocenters. The Morgan fingerprint density at radius 1 is 1.50 bits per heavy atom. The molecule has 0 aliphatic heterocycles. The molecular weight excluding hydrogens is 228 g/mol. The van der Waals surface area contributed by atoms with Gasteiger partial charge in [0.2, 0.25) is 14.9 Å². The monoisotopic (exact) mass is 236 g/mol. The Hall–Kier alpha value is -0.620. The molecule has 0 N–H and O–H groups in total. The lowest BCUT2D eigenvalue weighted by Gasteiger charge is -2.20. The van der Waals surface area contributed by atoms with Crippen molar-refractivity contribution in [3.63, 3.8) is 0 Å². The van der Waals surface area contributed by atoms with E-state index < -0.39 is 9.05 Å². The summed E-state index contributed by atoms with van der Waals surface area (Å²) in [6.45, 7) is 0. The number of nitrogens with zero attached hydrogens (tertiary/aromatic N) is 2. The van der Waals surface area contributed by atoms with E-state index in [1.807, 2.05) is 0 Å². The van der Waals surface area contributed by atoms with E-state index in [2.05, 4.69) is 10.1 Å². The normalized spacial score (nSPS) is 18.1. The minimum atomic E-state index is -3.59. The molecule has 1 heterocycles. The van der Waals surface area contributed by atoms with E-state index in [1.165, 1.54) is 0 Å². The quantitative estimate of drug-likeness (QED) is 0.742. The molecule has 1 aromatic heterocycles. The maximum atomic E-state index is 10.7. The zero-order valence-electron chi connectivity index (χ0n) is 7.31. The Kier molecular flexibility index (Phi) is 2.48. The van der Waals surface area contributed by atoms with Gasteiger partial charge in [-0.25, -0.2) is 8.42 Å². The van der Waals surface area contributed by atoms with Gasteiger partial charge in [-0.2, -0.15) is 4.98 Å². The van der Waals surface area contributed by atoms with Crippen molar-refractivity contribution >= 4 is 19.7 Å². The Bertz CT molecular complexity index is 424. The summed E-state index contributed by atoms with van der Waals surface area (Å²) in [5, 5.41) is 3.55. The molecule has 1 saturated carbocycles. The van der Waals surface area contributed by atoms with Gasteiger partial charge < -0.3 is 4.52 Å². The van der Waals surface area contributed by atoms with Gasteiger partial charge in [0, 0.05) is 16.6 Å². The summed E-state index contributed by atoms with van der Waals surface area (Å²) in [4.78, 5) is 3.98. The lowest BCUT2D eigenvalue weighted by Crippen LogP contribution is -2.09. The molecule has 1 fully saturated rings. The standard InChI is InChI=1S/C7H9ClN2O3S/c8-14(11,12)4-6-9-7(13-10-6)5-2-1-3-5/h5H,1-4H2. The number of hydrogen-bond donors (Lipinski definition) is 0.